The Morgan fingerprint density at radius 1 is 1.04 bits per heavy atom. The SMILES string of the molecule is CN(C)CCOC(=O)c1ccc(COc2ccc3ccccc3c2)o1. The second-order valence-corrected chi connectivity index (χ2v) is 6.00. The summed E-state index contributed by atoms with van der Waals surface area (Å²) < 4.78 is 16.4. The molecule has 0 unspecified atom stereocenters. The molecule has 0 saturated heterocycles. The first-order valence-electron chi connectivity index (χ1n) is 8.14. The molecule has 130 valence electrons. The highest BCUT2D eigenvalue weighted by Gasteiger charge is 2.13. The van der Waals surface area contributed by atoms with Gasteiger partial charge in [0.1, 0.15) is 24.7 Å². The van der Waals surface area contributed by atoms with Crippen molar-refractivity contribution in [1.29, 1.82) is 0 Å². The quantitative estimate of drug-likeness (QED) is 0.614. The van der Waals surface area contributed by atoms with Crippen LogP contribution in [0.3, 0.4) is 0 Å². The minimum absolute atomic E-state index is 0.191. The van der Waals surface area contributed by atoms with E-state index in [4.69, 9.17) is 13.9 Å². The predicted molar refractivity (Wildman–Crippen MR) is 95.8 cm³/mol. The van der Waals surface area contributed by atoms with E-state index in [0.717, 1.165) is 16.5 Å². The number of fused-ring (bicyclic) bond motifs is 1. The van der Waals surface area contributed by atoms with Gasteiger partial charge in [0.05, 0.1) is 0 Å². The number of carbonyl (C=O) groups is 1. The van der Waals surface area contributed by atoms with Crippen molar-refractivity contribution >= 4 is 16.7 Å². The number of likely N-dealkylation sites (N-methyl/N-ethyl adjacent to an activating group) is 1. The second kappa shape index (κ2) is 7.85. The number of hydrogen-bond donors (Lipinski definition) is 0. The summed E-state index contributed by atoms with van der Waals surface area (Å²) in [4.78, 5) is 13.8. The van der Waals surface area contributed by atoms with Crippen LogP contribution in [-0.4, -0.2) is 38.1 Å². The van der Waals surface area contributed by atoms with E-state index >= 15 is 0 Å². The fraction of sp³-hybridized carbons (Fsp3) is 0.250. The summed E-state index contributed by atoms with van der Waals surface area (Å²) in [5.41, 5.74) is 0. The first-order valence-corrected chi connectivity index (χ1v) is 8.14. The summed E-state index contributed by atoms with van der Waals surface area (Å²) in [6.45, 7) is 1.25. The molecule has 5 heteroatoms. The van der Waals surface area contributed by atoms with Crippen molar-refractivity contribution in [1.82, 2.24) is 4.90 Å². The summed E-state index contributed by atoms with van der Waals surface area (Å²) in [6, 6.07) is 17.3. The highest BCUT2D eigenvalue weighted by atomic mass is 16.5. The standard InChI is InChI=1S/C20H21NO4/c1-21(2)11-12-23-20(22)19-10-9-18(25-19)14-24-17-8-7-15-5-3-4-6-16(15)13-17/h3-10,13H,11-12,14H2,1-2H3. The van der Waals surface area contributed by atoms with Crippen LogP contribution in [0.4, 0.5) is 0 Å². The highest BCUT2D eigenvalue weighted by molar-refractivity contribution is 5.86. The third-order valence-corrected chi connectivity index (χ3v) is 3.74. The largest absolute Gasteiger partial charge is 0.486 e. The van der Waals surface area contributed by atoms with Crippen LogP contribution in [0.25, 0.3) is 10.8 Å². The molecule has 25 heavy (non-hydrogen) atoms. The molecule has 1 heterocycles. The van der Waals surface area contributed by atoms with Crippen LogP contribution < -0.4 is 4.74 Å². The van der Waals surface area contributed by atoms with E-state index in [9.17, 15) is 4.79 Å². The zero-order valence-corrected chi connectivity index (χ0v) is 14.4. The Labute approximate surface area is 146 Å². The first-order chi connectivity index (χ1) is 12.1. The molecule has 3 rings (SSSR count). The maximum absolute atomic E-state index is 11.9. The van der Waals surface area contributed by atoms with E-state index in [1.807, 2.05) is 55.4 Å². The Morgan fingerprint density at radius 3 is 2.64 bits per heavy atom. The van der Waals surface area contributed by atoms with E-state index in [-0.39, 0.29) is 12.4 Å². The predicted octanol–water partition coefficient (Wildman–Crippen LogP) is 3.73. The van der Waals surface area contributed by atoms with Crippen molar-refractivity contribution < 1.29 is 18.7 Å². The normalized spacial score (nSPS) is 11.0. The molecule has 0 atom stereocenters. The Balaban J connectivity index is 1.56. The highest BCUT2D eigenvalue weighted by Crippen LogP contribution is 2.21. The monoisotopic (exact) mass is 339 g/mol. The number of nitrogens with zero attached hydrogens (tertiary/aromatic N) is 1. The third kappa shape index (κ3) is 4.61. The number of benzene rings is 2. The summed E-state index contributed by atoms with van der Waals surface area (Å²) >= 11 is 0. The first kappa shape index (κ1) is 17.0. The van der Waals surface area contributed by atoms with Crippen LogP contribution in [0.5, 0.6) is 5.75 Å². The van der Waals surface area contributed by atoms with Crippen molar-refractivity contribution in [2.24, 2.45) is 0 Å². The van der Waals surface area contributed by atoms with Crippen molar-refractivity contribution in [3.63, 3.8) is 0 Å². The molecule has 0 spiro atoms. The van der Waals surface area contributed by atoms with Gasteiger partial charge in [0.2, 0.25) is 5.76 Å². The van der Waals surface area contributed by atoms with Gasteiger partial charge in [-0.1, -0.05) is 30.3 Å². The lowest BCUT2D eigenvalue weighted by atomic mass is 10.1. The van der Waals surface area contributed by atoms with Gasteiger partial charge in [-0.2, -0.15) is 0 Å². The van der Waals surface area contributed by atoms with Gasteiger partial charge in [0, 0.05) is 6.54 Å². The van der Waals surface area contributed by atoms with Gasteiger partial charge in [0.15, 0.2) is 0 Å². The molecule has 0 amide bonds. The van der Waals surface area contributed by atoms with Crippen LogP contribution in [0, 0.1) is 0 Å². The van der Waals surface area contributed by atoms with E-state index in [2.05, 4.69) is 6.07 Å². The number of furan rings is 1. The number of rotatable bonds is 7. The average Bonchev–Trinajstić information content (AvgIpc) is 3.08. The zero-order chi connectivity index (χ0) is 17.6. The van der Waals surface area contributed by atoms with Gasteiger partial charge in [-0.25, -0.2) is 4.79 Å². The van der Waals surface area contributed by atoms with Gasteiger partial charge >= 0.3 is 5.97 Å². The van der Waals surface area contributed by atoms with Crippen molar-refractivity contribution in [2.45, 2.75) is 6.61 Å². The maximum atomic E-state index is 11.9. The van der Waals surface area contributed by atoms with Crippen LogP contribution in [0.2, 0.25) is 0 Å². The zero-order valence-electron chi connectivity index (χ0n) is 14.4. The molecule has 5 nitrogen and oxygen atoms in total. The van der Waals surface area contributed by atoms with Gasteiger partial charge in [-0.05, 0) is 49.1 Å². The molecule has 0 aliphatic rings. The summed E-state index contributed by atoms with van der Waals surface area (Å²) in [5.74, 6) is 1.06. The molecule has 1 aromatic heterocycles. The van der Waals surface area contributed by atoms with Gasteiger partial charge in [0.25, 0.3) is 0 Å². The van der Waals surface area contributed by atoms with Crippen LogP contribution in [0.15, 0.2) is 59.0 Å². The Morgan fingerprint density at radius 2 is 1.84 bits per heavy atom. The topological polar surface area (TPSA) is 51.9 Å². The number of hydrogen-bond acceptors (Lipinski definition) is 5. The number of esters is 1. The fourth-order valence-electron chi connectivity index (χ4n) is 2.37. The molecule has 0 aliphatic heterocycles. The molecule has 0 N–H and O–H groups in total. The fourth-order valence-corrected chi connectivity index (χ4v) is 2.37. The van der Waals surface area contributed by atoms with Crippen LogP contribution >= 0.6 is 0 Å². The molecular weight excluding hydrogens is 318 g/mol. The minimum atomic E-state index is -0.459. The van der Waals surface area contributed by atoms with E-state index < -0.39 is 5.97 Å². The van der Waals surface area contributed by atoms with E-state index in [1.165, 1.54) is 0 Å². The molecule has 2 aromatic carbocycles. The van der Waals surface area contributed by atoms with E-state index in [0.29, 0.717) is 18.9 Å². The molecule has 0 bridgehead atoms. The summed E-state index contributed by atoms with van der Waals surface area (Å²) in [6.07, 6.45) is 0. The summed E-state index contributed by atoms with van der Waals surface area (Å²) in [7, 11) is 3.84. The summed E-state index contributed by atoms with van der Waals surface area (Å²) in [5, 5.41) is 2.28. The number of ether oxygens (including phenoxy) is 2. The maximum Gasteiger partial charge on any atom is 0.374 e. The van der Waals surface area contributed by atoms with Crippen LogP contribution in [-0.2, 0) is 11.3 Å². The van der Waals surface area contributed by atoms with Gasteiger partial charge in [-0.15, -0.1) is 0 Å². The van der Waals surface area contributed by atoms with Crippen molar-refractivity contribution in [3.8, 4) is 5.75 Å². The average molecular weight is 339 g/mol. The third-order valence-electron chi connectivity index (χ3n) is 3.74. The molecule has 0 fully saturated rings. The molecule has 0 saturated carbocycles. The molecular formula is C20H21NO4. The van der Waals surface area contributed by atoms with Crippen LogP contribution in [0.1, 0.15) is 16.3 Å². The number of carbonyl (C=O) groups excluding carboxylic acids is 1. The minimum Gasteiger partial charge on any atom is -0.486 e. The molecule has 0 aliphatic carbocycles. The lowest BCUT2D eigenvalue weighted by molar-refractivity contribution is 0.0442. The van der Waals surface area contributed by atoms with Crippen molar-refractivity contribution in [3.05, 3.63) is 66.1 Å². The van der Waals surface area contributed by atoms with Crippen molar-refractivity contribution in [2.75, 3.05) is 27.2 Å². The van der Waals surface area contributed by atoms with Gasteiger partial charge in [-0.3, -0.25) is 0 Å². The van der Waals surface area contributed by atoms with Gasteiger partial charge < -0.3 is 18.8 Å². The lowest BCUT2D eigenvalue weighted by Crippen LogP contribution is -2.20. The second-order valence-electron chi connectivity index (χ2n) is 6.00. The molecule has 3 aromatic rings. The smallest absolute Gasteiger partial charge is 0.374 e. The molecule has 0 radical (unpaired) electrons. The Hall–Kier alpha value is -2.79. The Kier molecular flexibility index (Phi) is 5.36. The lowest BCUT2D eigenvalue weighted by Gasteiger charge is -2.08. The Bertz CT molecular complexity index is 854. The van der Waals surface area contributed by atoms with E-state index in [1.54, 1.807) is 12.1 Å².